The van der Waals surface area contributed by atoms with Crippen LogP contribution in [0.25, 0.3) is 0 Å². The summed E-state index contributed by atoms with van der Waals surface area (Å²) in [6.45, 7) is 9.73. The highest BCUT2D eigenvalue weighted by Crippen LogP contribution is 2.30. The summed E-state index contributed by atoms with van der Waals surface area (Å²) < 4.78 is 12.0. The van der Waals surface area contributed by atoms with Gasteiger partial charge in [0.15, 0.2) is 0 Å². The third-order valence-corrected chi connectivity index (χ3v) is 5.79. The van der Waals surface area contributed by atoms with E-state index in [1.165, 1.54) is 41.6 Å². The highest BCUT2D eigenvalue weighted by Gasteiger charge is 2.24. The molecule has 0 saturated heterocycles. The zero-order chi connectivity index (χ0) is 19.3. The first kappa shape index (κ1) is 19.5. The molecule has 2 aromatic carbocycles. The molecular weight excluding hydrogens is 346 g/mol. The van der Waals surface area contributed by atoms with E-state index in [1.54, 1.807) is 0 Å². The second-order valence-corrected chi connectivity index (χ2v) is 8.66. The van der Waals surface area contributed by atoms with E-state index >= 15 is 0 Å². The van der Waals surface area contributed by atoms with Crippen LogP contribution in [0.3, 0.4) is 0 Å². The number of rotatable bonds is 3. The van der Waals surface area contributed by atoms with Crippen molar-refractivity contribution in [2.45, 2.75) is 45.6 Å². The molecule has 0 N–H and O–H groups in total. The van der Waals surface area contributed by atoms with Crippen molar-refractivity contribution in [1.29, 1.82) is 0 Å². The molecule has 0 unspecified atom stereocenters. The molecule has 1 heterocycles. The summed E-state index contributed by atoms with van der Waals surface area (Å²) in [5, 5.41) is 0. The van der Waals surface area contributed by atoms with E-state index in [2.05, 4.69) is 61.2 Å². The maximum absolute atomic E-state index is 6.10. The fraction of sp³-hybridized carbons (Fsp3) is 0.520. The summed E-state index contributed by atoms with van der Waals surface area (Å²) in [6.07, 6.45) is 3.69. The van der Waals surface area contributed by atoms with Gasteiger partial charge in [-0.05, 0) is 53.0 Å². The Morgan fingerprint density at radius 3 is 2.68 bits per heavy atom. The molecule has 0 aromatic heterocycles. The Kier molecular flexibility index (Phi) is 6.33. The van der Waals surface area contributed by atoms with Gasteiger partial charge in [0.05, 0.1) is 13.2 Å². The van der Waals surface area contributed by atoms with Gasteiger partial charge in [-0.2, -0.15) is 0 Å². The summed E-state index contributed by atoms with van der Waals surface area (Å²) in [4.78, 5) is 2.56. The molecule has 0 spiro atoms. The fourth-order valence-electron chi connectivity index (χ4n) is 3.96. The van der Waals surface area contributed by atoms with Crippen LogP contribution in [-0.2, 0) is 17.7 Å². The van der Waals surface area contributed by atoms with E-state index in [9.17, 15) is 0 Å². The van der Waals surface area contributed by atoms with Crippen molar-refractivity contribution in [3.05, 3.63) is 64.7 Å². The molecule has 2 bridgehead atoms. The van der Waals surface area contributed by atoms with Gasteiger partial charge in [-0.3, -0.25) is 4.90 Å². The largest absolute Gasteiger partial charge is 0.491 e. The molecule has 0 atom stereocenters. The van der Waals surface area contributed by atoms with E-state index in [-0.39, 0.29) is 0 Å². The molecule has 2 aromatic rings. The lowest BCUT2D eigenvalue weighted by molar-refractivity contribution is 0.0764. The first-order valence-electron chi connectivity index (χ1n) is 10.8. The number of benzene rings is 2. The van der Waals surface area contributed by atoms with Crippen molar-refractivity contribution in [3.63, 3.8) is 0 Å². The number of nitrogens with zero attached hydrogens (tertiary/aromatic N) is 1. The first-order valence-corrected chi connectivity index (χ1v) is 10.8. The first-order chi connectivity index (χ1) is 13.7. The third kappa shape index (κ3) is 5.36. The molecule has 1 saturated carbocycles. The predicted molar refractivity (Wildman–Crippen MR) is 114 cm³/mol. The lowest BCUT2D eigenvalue weighted by Crippen LogP contribution is -2.30. The molecular formula is C25H33NO2. The third-order valence-electron chi connectivity index (χ3n) is 5.79. The molecule has 0 radical (unpaired) electrons. The highest BCUT2D eigenvalue weighted by atomic mass is 16.5. The summed E-state index contributed by atoms with van der Waals surface area (Å²) in [6, 6.07) is 15.7. The highest BCUT2D eigenvalue weighted by molar-refractivity contribution is 5.42. The van der Waals surface area contributed by atoms with E-state index < -0.39 is 0 Å². The number of fused-ring (bicyclic) bond motifs is 3. The van der Waals surface area contributed by atoms with Crippen LogP contribution in [0.1, 0.15) is 54.9 Å². The van der Waals surface area contributed by atoms with Crippen molar-refractivity contribution in [1.82, 2.24) is 4.90 Å². The van der Waals surface area contributed by atoms with Crippen LogP contribution in [0, 0.1) is 5.92 Å². The molecule has 150 valence electrons. The van der Waals surface area contributed by atoms with E-state index in [0.29, 0.717) is 19.1 Å². The van der Waals surface area contributed by atoms with Gasteiger partial charge in [-0.1, -0.05) is 50.2 Å². The quantitative estimate of drug-likeness (QED) is 0.747. The average molecular weight is 380 g/mol. The maximum Gasteiger partial charge on any atom is 0.122 e. The van der Waals surface area contributed by atoms with Gasteiger partial charge in [0.1, 0.15) is 12.4 Å². The van der Waals surface area contributed by atoms with Crippen molar-refractivity contribution < 1.29 is 9.47 Å². The van der Waals surface area contributed by atoms with Gasteiger partial charge in [-0.25, -0.2) is 0 Å². The van der Waals surface area contributed by atoms with Crippen molar-refractivity contribution in [3.8, 4) is 5.75 Å². The predicted octanol–water partition coefficient (Wildman–Crippen LogP) is 5.02. The van der Waals surface area contributed by atoms with Crippen LogP contribution in [0.2, 0.25) is 0 Å². The Balaban J connectivity index is 1.59. The van der Waals surface area contributed by atoms with Gasteiger partial charge in [0.2, 0.25) is 0 Å². The van der Waals surface area contributed by atoms with Crippen molar-refractivity contribution in [2.24, 2.45) is 5.92 Å². The minimum Gasteiger partial charge on any atom is -0.491 e. The van der Waals surface area contributed by atoms with Gasteiger partial charge in [-0.15, -0.1) is 0 Å². The Hall–Kier alpha value is -1.84. The van der Waals surface area contributed by atoms with Crippen LogP contribution in [0.4, 0.5) is 0 Å². The Morgan fingerprint density at radius 2 is 1.86 bits per heavy atom. The zero-order valence-corrected chi connectivity index (χ0v) is 17.3. The summed E-state index contributed by atoms with van der Waals surface area (Å²) in [5.41, 5.74) is 5.40. The van der Waals surface area contributed by atoms with Crippen LogP contribution in [0.15, 0.2) is 42.5 Å². The van der Waals surface area contributed by atoms with Gasteiger partial charge in [0, 0.05) is 26.1 Å². The fourth-order valence-corrected chi connectivity index (χ4v) is 3.96. The van der Waals surface area contributed by atoms with Gasteiger partial charge >= 0.3 is 0 Å². The van der Waals surface area contributed by atoms with E-state index in [0.717, 1.165) is 37.8 Å². The van der Waals surface area contributed by atoms with Crippen molar-refractivity contribution >= 4 is 0 Å². The molecule has 1 aliphatic heterocycles. The van der Waals surface area contributed by atoms with Crippen LogP contribution < -0.4 is 4.74 Å². The second-order valence-electron chi connectivity index (χ2n) is 8.66. The van der Waals surface area contributed by atoms with Gasteiger partial charge < -0.3 is 9.47 Å². The minimum atomic E-state index is 0.518. The number of hydrogen-bond donors (Lipinski definition) is 0. The van der Waals surface area contributed by atoms with Gasteiger partial charge in [0.25, 0.3) is 0 Å². The summed E-state index contributed by atoms with van der Waals surface area (Å²) in [7, 11) is 0. The zero-order valence-electron chi connectivity index (χ0n) is 17.3. The Labute approximate surface area is 169 Å². The van der Waals surface area contributed by atoms with Crippen LogP contribution in [0.5, 0.6) is 5.75 Å². The average Bonchev–Trinajstić information content (AvgIpc) is 3.49. The minimum absolute atomic E-state index is 0.518. The monoisotopic (exact) mass is 379 g/mol. The lowest BCUT2D eigenvalue weighted by Gasteiger charge is -2.23. The van der Waals surface area contributed by atoms with Crippen LogP contribution in [-0.4, -0.2) is 37.8 Å². The molecule has 4 rings (SSSR count). The van der Waals surface area contributed by atoms with E-state index in [4.69, 9.17) is 9.47 Å². The second kappa shape index (κ2) is 9.11. The SMILES string of the molecule is CC(C)c1ccc2c(c1)Cc1cccc(c1)CN(CC1CC1)CCOCCO2. The van der Waals surface area contributed by atoms with Crippen LogP contribution >= 0.6 is 0 Å². The molecule has 28 heavy (non-hydrogen) atoms. The standard InChI is InChI=1S/C25H33NO2/c1-19(2)23-8-9-25-24(16-23)15-21-4-3-5-22(14-21)18-26(17-20-6-7-20)10-11-27-12-13-28-25/h3-5,8-9,14,16,19-20H,6-7,10-13,15,17-18H2,1-2H3. The normalized spacial score (nSPS) is 19.0. The lowest BCUT2D eigenvalue weighted by atomic mass is 9.96. The summed E-state index contributed by atoms with van der Waals surface area (Å²) in [5.74, 6) is 2.40. The topological polar surface area (TPSA) is 21.7 Å². The molecule has 0 amide bonds. The number of ether oxygens (including phenoxy) is 2. The molecule has 2 aliphatic rings. The Bertz CT molecular complexity index is 782. The Morgan fingerprint density at radius 1 is 1.00 bits per heavy atom. The maximum atomic E-state index is 6.10. The van der Waals surface area contributed by atoms with Crippen molar-refractivity contribution in [2.75, 3.05) is 32.9 Å². The smallest absolute Gasteiger partial charge is 0.122 e. The molecule has 3 heteroatoms. The number of hydrogen-bond acceptors (Lipinski definition) is 3. The summed E-state index contributed by atoms with van der Waals surface area (Å²) >= 11 is 0. The molecule has 1 fully saturated rings. The van der Waals surface area contributed by atoms with E-state index in [1.807, 2.05) is 0 Å². The molecule has 3 nitrogen and oxygen atoms in total. The molecule has 1 aliphatic carbocycles.